The highest BCUT2D eigenvalue weighted by molar-refractivity contribution is 5.40. The molecule has 1 N–H and O–H groups in total. The lowest BCUT2D eigenvalue weighted by Gasteiger charge is -2.43. The van der Waals surface area contributed by atoms with Gasteiger partial charge >= 0.3 is 0 Å². The number of hydrogen-bond donors (Lipinski definition) is 1. The van der Waals surface area contributed by atoms with Crippen LogP contribution in [-0.2, 0) is 4.74 Å². The Morgan fingerprint density at radius 3 is 3.15 bits per heavy atom. The monoisotopic (exact) mass is 275 g/mol. The van der Waals surface area contributed by atoms with Crippen LogP contribution in [0, 0.1) is 24.1 Å². The first-order valence-electron chi connectivity index (χ1n) is 6.95. The van der Waals surface area contributed by atoms with Crippen LogP contribution in [0.15, 0.2) is 12.1 Å². The molecule has 0 amide bonds. The van der Waals surface area contributed by atoms with Gasteiger partial charge in [-0.25, -0.2) is 4.39 Å². The molecule has 2 aliphatic rings. The SMILES string of the molecule is Cc1cc(F)c(C#N)cc1[C@@H]1CN2CCNC[C@H]2CO1. The van der Waals surface area contributed by atoms with Crippen LogP contribution < -0.4 is 5.32 Å². The molecule has 5 heteroatoms. The summed E-state index contributed by atoms with van der Waals surface area (Å²) in [6, 6.07) is 5.40. The van der Waals surface area contributed by atoms with E-state index in [1.165, 1.54) is 6.07 Å². The van der Waals surface area contributed by atoms with Gasteiger partial charge in [0.1, 0.15) is 11.9 Å². The Hall–Kier alpha value is -1.48. The average Bonchev–Trinajstić information content (AvgIpc) is 2.47. The van der Waals surface area contributed by atoms with Gasteiger partial charge in [-0.3, -0.25) is 4.90 Å². The molecule has 0 aliphatic carbocycles. The normalized spacial score (nSPS) is 26.9. The molecule has 0 saturated carbocycles. The fourth-order valence-corrected chi connectivity index (χ4v) is 3.01. The van der Waals surface area contributed by atoms with Gasteiger partial charge in [0.05, 0.1) is 18.3 Å². The molecule has 1 aromatic rings. The largest absolute Gasteiger partial charge is 0.370 e. The van der Waals surface area contributed by atoms with E-state index in [0.29, 0.717) is 12.6 Å². The van der Waals surface area contributed by atoms with Gasteiger partial charge in [0.25, 0.3) is 0 Å². The third-order valence-electron chi connectivity index (χ3n) is 4.19. The first-order valence-corrected chi connectivity index (χ1v) is 6.95. The highest BCUT2D eigenvalue weighted by atomic mass is 19.1. The molecule has 1 aromatic carbocycles. The van der Waals surface area contributed by atoms with E-state index in [0.717, 1.165) is 37.3 Å². The minimum absolute atomic E-state index is 0.0722. The summed E-state index contributed by atoms with van der Waals surface area (Å²) < 4.78 is 19.5. The molecule has 0 radical (unpaired) electrons. The Morgan fingerprint density at radius 1 is 1.50 bits per heavy atom. The minimum Gasteiger partial charge on any atom is -0.370 e. The molecule has 0 aromatic heterocycles. The number of benzene rings is 1. The number of morpholine rings is 1. The van der Waals surface area contributed by atoms with Gasteiger partial charge in [-0.15, -0.1) is 0 Å². The first-order chi connectivity index (χ1) is 9.69. The van der Waals surface area contributed by atoms with Crippen molar-refractivity contribution in [3.63, 3.8) is 0 Å². The molecule has 2 atom stereocenters. The topological polar surface area (TPSA) is 48.3 Å². The molecule has 2 saturated heterocycles. The zero-order valence-corrected chi connectivity index (χ0v) is 11.5. The lowest BCUT2D eigenvalue weighted by atomic mass is 9.97. The van der Waals surface area contributed by atoms with Crippen LogP contribution in [-0.4, -0.2) is 43.7 Å². The van der Waals surface area contributed by atoms with Crippen LogP contribution in [0.1, 0.15) is 22.8 Å². The number of nitrogens with one attached hydrogen (secondary N) is 1. The van der Waals surface area contributed by atoms with Gasteiger partial charge in [-0.05, 0) is 30.2 Å². The van der Waals surface area contributed by atoms with E-state index in [-0.39, 0.29) is 11.7 Å². The summed E-state index contributed by atoms with van der Waals surface area (Å²) in [5.41, 5.74) is 1.87. The maximum absolute atomic E-state index is 13.6. The summed E-state index contributed by atoms with van der Waals surface area (Å²) in [6.45, 7) is 6.32. The second-order valence-corrected chi connectivity index (χ2v) is 5.48. The quantitative estimate of drug-likeness (QED) is 0.840. The van der Waals surface area contributed by atoms with Crippen LogP contribution in [0.5, 0.6) is 0 Å². The van der Waals surface area contributed by atoms with Crippen LogP contribution in [0.3, 0.4) is 0 Å². The lowest BCUT2D eigenvalue weighted by Crippen LogP contribution is -2.57. The molecule has 2 fully saturated rings. The van der Waals surface area contributed by atoms with Gasteiger partial charge in [0, 0.05) is 32.2 Å². The number of halogens is 1. The summed E-state index contributed by atoms with van der Waals surface area (Å²) in [7, 11) is 0. The van der Waals surface area contributed by atoms with Crippen LogP contribution >= 0.6 is 0 Å². The summed E-state index contributed by atoms with van der Waals surface area (Å²) in [6.07, 6.45) is -0.0722. The average molecular weight is 275 g/mol. The van der Waals surface area contributed by atoms with Crippen LogP contribution in [0.25, 0.3) is 0 Å². The van der Waals surface area contributed by atoms with E-state index < -0.39 is 5.82 Å². The molecule has 0 bridgehead atoms. The summed E-state index contributed by atoms with van der Waals surface area (Å²) in [5.74, 6) is -0.454. The highest BCUT2D eigenvalue weighted by Crippen LogP contribution is 2.29. The maximum atomic E-state index is 13.6. The standard InChI is InChI=1S/C15H18FN3O/c1-10-4-14(16)11(6-17)5-13(10)15-8-19-3-2-18-7-12(19)9-20-15/h4-5,12,15,18H,2-3,7-9H2,1H3/t12-,15-/m0/s1. The van der Waals surface area contributed by atoms with Crippen molar-refractivity contribution in [2.75, 3.05) is 32.8 Å². The van der Waals surface area contributed by atoms with Crippen molar-refractivity contribution in [1.29, 1.82) is 5.26 Å². The fourth-order valence-electron chi connectivity index (χ4n) is 3.01. The Morgan fingerprint density at radius 2 is 2.35 bits per heavy atom. The predicted octanol–water partition coefficient (Wildman–Crippen LogP) is 1.35. The van der Waals surface area contributed by atoms with E-state index in [9.17, 15) is 4.39 Å². The second kappa shape index (κ2) is 5.49. The van der Waals surface area contributed by atoms with Crippen molar-refractivity contribution >= 4 is 0 Å². The van der Waals surface area contributed by atoms with Gasteiger partial charge in [-0.2, -0.15) is 5.26 Å². The van der Waals surface area contributed by atoms with E-state index in [1.807, 2.05) is 13.0 Å². The molecule has 106 valence electrons. The van der Waals surface area contributed by atoms with Crippen LogP contribution in [0.2, 0.25) is 0 Å². The Bertz CT molecular complexity index is 555. The maximum Gasteiger partial charge on any atom is 0.141 e. The van der Waals surface area contributed by atoms with Crippen LogP contribution in [0.4, 0.5) is 4.39 Å². The Kier molecular flexibility index (Phi) is 3.70. The Labute approximate surface area is 118 Å². The molecule has 20 heavy (non-hydrogen) atoms. The molecule has 2 aliphatic heterocycles. The first kappa shape index (κ1) is 13.5. The number of piperazine rings is 1. The van der Waals surface area contributed by atoms with E-state index in [4.69, 9.17) is 10.00 Å². The number of rotatable bonds is 1. The van der Waals surface area contributed by atoms with Crippen molar-refractivity contribution in [3.8, 4) is 6.07 Å². The van der Waals surface area contributed by atoms with Crippen molar-refractivity contribution in [3.05, 3.63) is 34.6 Å². The molecule has 0 unspecified atom stereocenters. The number of ether oxygens (including phenoxy) is 1. The molecule has 3 rings (SSSR count). The molecular weight excluding hydrogens is 257 g/mol. The number of nitrogens with zero attached hydrogens (tertiary/aromatic N) is 2. The minimum atomic E-state index is -0.454. The zero-order chi connectivity index (χ0) is 14.1. The molecule has 0 spiro atoms. The van der Waals surface area contributed by atoms with Crippen molar-refractivity contribution in [2.45, 2.75) is 19.1 Å². The third-order valence-corrected chi connectivity index (χ3v) is 4.19. The highest BCUT2D eigenvalue weighted by Gasteiger charge is 2.32. The molecular formula is C15H18FN3O. The molecule has 2 heterocycles. The number of fused-ring (bicyclic) bond motifs is 1. The smallest absolute Gasteiger partial charge is 0.141 e. The van der Waals surface area contributed by atoms with Gasteiger partial charge in [0.15, 0.2) is 0 Å². The van der Waals surface area contributed by atoms with Crippen molar-refractivity contribution in [2.24, 2.45) is 0 Å². The predicted molar refractivity (Wildman–Crippen MR) is 72.8 cm³/mol. The van der Waals surface area contributed by atoms with Gasteiger partial charge < -0.3 is 10.1 Å². The number of nitriles is 1. The van der Waals surface area contributed by atoms with E-state index >= 15 is 0 Å². The third kappa shape index (κ3) is 2.42. The Balaban J connectivity index is 1.85. The van der Waals surface area contributed by atoms with Gasteiger partial charge in [-0.1, -0.05) is 0 Å². The summed E-state index contributed by atoms with van der Waals surface area (Å²) in [4.78, 5) is 2.42. The summed E-state index contributed by atoms with van der Waals surface area (Å²) >= 11 is 0. The lowest BCUT2D eigenvalue weighted by molar-refractivity contribution is -0.0720. The van der Waals surface area contributed by atoms with Crippen molar-refractivity contribution < 1.29 is 9.13 Å². The zero-order valence-electron chi connectivity index (χ0n) is 11.5. The second-order valence-electron chi connectivity index (χ2n) is 5.48. The van der Waals surface area contributed by atoms with E-state index in [2.05, 4.69) is 10.2 Å². The summed E-state index contributed by atoms with van der Waals surface area (Å²) in [5, 5.41) is 12.3. The number of hydrogen-bond acceptors (Lipinski definition) is 4. The van der Waals surface area contributed by atoms with E-state index in [1.54, 1.807) is 6.07 Å². The molecule has 4 nitrogen and oxygen atoms in total. The van der Waals surface area contributed by atoms with Gasteiger partial charge in [0.2, 0.25) is 0 Å². The van der Waals surface area contributed by atoms with Crippen molar-refractivity contribution in [1.82, 2.24) is 10.2 Å². The fraction of sp³-hybridized carbons (Fsp3) is 0.533. The number of aryl methyl sites for hydroxylation is 1.